The van der Waals surface area contributed by atoms with Gasteiger partial charge in [0.1, 0.15) is 23.2 Å². The van der Waals surface area contributed by atoms with Crippen LogP contribution in [0.15, 0.2) is 70.3 Å². The quantitative estimate of drug-likeness (QED) is 0.441. The molecule has 0 aliphatic heterocycles. The van der Waals surface area contributed by atoms with Crippen LogP contribution in [0.5, 0.6) is 5.75 Å². The molecule has 3 rings (SSSR count). The molecule has 1 aromatic heterocycles. The maximum atomic E-state index is 12.4. The van der Waals surface area contributed by atoms with Crippen LogP contribution in [-0.2, 0) is 14.8 Å². The summed E-state index contributed by atoms with van der Waals surface area (Å²) in [6.07, 6.45) is 0. The average molecular weight is 418 g/mol. The minimum absolute atomic E-state index is 0.0405. The molecule has 6 nitrogen and oxygen atoms in total. The third kappa shape index (κ3) is 5.11. The lowest BCUT2D eigenvalue weighted by Crippen LogP contribution is -2.17. The summed E-state index contributed by atoms with van der Waals surface area (Å²) in [4.78, 5) is 12.4. The summed E-state index contributed by atoms with van der Waals surface area (Å²) in [5.41, 5.74) is 1.38. The summed E-state index contributed by atoms with van der Waals surface area (Å²) in [6, 6.07) is 17.0. The number of esters is 1. The number of benzene rings is 2. The second kappa shape index (κ2) is 8.90. The van der Waals surface area contributed by atoms with Crippen molar-refractivity contribution in [3.8, 4) is 5.75 Å². The molecule has 146 valence electrons. The lowest BCUT2D eigenvalue weighted by molar-refractivity contribution is 0.0451. The van der Waals surface area contributed by atoms with E-state index in [1.54, 1.807) is 23.6 Å². The molecule has 2 aromatic carbocycles. The average Bonchev–Trinajstić information content (AvgIpc) is 3.21. The van der Waals surface area contributed by atoms with E-state index >= 15 is 0 Å². The van der Waals surface area contributed by atoms with Gasteiger partial charge in [0.2, 0.25) is 0 Å². The minimum atomic E-state index is -3.76. The van der Waals surface area contributed by atoms with Gasteiger partial charge in [-0.1, -0.05) is 30.3 Å². The van der Waals surface area contributed by atoms with E-state index in [9.17, 15) is 13.2 Å². The van der Waals surface area contributed by atoms with Gasteiger partial charge in [-0.15, -0.1) is 11.3 Å². The van der Waals surface area contributed by atoms with Crippen LogP contribution in [0.2, 0.25) is 0 Å². The molecule has 1 heterocycles. The molecule has 0 aliphatic rings. The van der Waals surface area contributed by atoms with Crippen molar-refractivity contribution in [2.24, 2.45) is 0 Å². The number of carbonyl (C=O) groups excluding carboxylic acids is 1. The van der Waals surface area contributed by atoms with Crippen LogP contribution >= 0.6 is 11.3 Å². The Balaban J connectivity index is 1.61. The molecule has 0 aliphatic carbocycles. The lowest BCUT2D eigenvalue weighted by atomic mass is 10.2. The van der Waals surface area contributed by atoms with E-state index in [-0.39, 0.29) is 28.7 Å². The van der Waals surface area contributed by atoms with E-state index in [2.05, 4.69) is 4.72 Å². The monoisotopic (exact) mass is 417 g/mol. The van der Waals surface area contributed by atoms with Gasteiger partial charge in [0.15, 0.2) is 0 Å². The van der Waals surface area contributed by atoms with Gasteiger partial charge >= 0.3 is 5.97 Å². The maximum absolute atomic E-state index is 12.4. The maximum Gasteiger partial charge on any atom is 0.340 e. The molecule has 0 bridgehead atoms. The van der Waals surface area contributed by atoms with Gasteiger partial charge in [-0.05, 0) is 48.2 Å². The molecule has 0 saturated heterocycles. The zero-order valence-electron chi connectivity index (χ0n) is 15.1. The lowest BCUT2D eigenvalue weighted by Gasteiger charge is -2.12. The number of nitrogens with one attached hydrogen (secondary N) is 1. The normalized spacial score (nSPS) is 11.0. The number of aryl methyl sites for hydroxylation is 1. The number of carbonyl (C=O) groups is 1. The molecule has 1 N–H and O–H groups in total. The fourth-order valence-corrected chi connectivity index (χ4v) is 4.51. The fraction of sp³-hybridized carbons (Fsp3) is 0.150. The summed E-state index contributed by atoms with van der Waals surface area (Å²) in [5.74, 6) is 0.0671. The SMILES string of the molecule is Cc1cccc(OCCOC(=O)c2ccccc2NS(=O)(=O)c2cccs2)c1. The van der Waals surface area contributed by atoms with E-state index in [0.717, 1.165) is 16.9 Å². The Labute approximate surface area is 167 Å². The van der Waals surface area contributed by atoms with Crippen molar-refractivity contribution in [1.29, 1.82) is 0 Å². The van der Waals surface area contributed by atoms with Crippen LogP contribution in [0.1, 0.15) is 15.9 Å². The topological polar surface area (TPSA) is 81.7 Å². The molecule has 0 amide bonds. The largest absolute Gasteiger partial charge is 0.490 e. The number of para-hydroxylation sites is 1. The van der Waals surface area contributed by atoms with E-state index in [1.165, 1.54) is 18.2 Å². The highest BCUT2D eigenvalue weighted by molar-refractivity contribution is 7.94. The minimum Gasteiger partial charge on any atom is -0.490 e. The van der Waals surface area contributed by atoms with Crippen LogP contribution in [0.4, 0.5) is 5.69 Å². The van der Waals surface area contributed by atoms with Crippen molar-refractivity contribution >= 4 is 33.0 Å². The molecule has 0 radical (unpaired) electrons. The number of hydrogen-bond donors (Lipinski definition) is 1. The van der Waals surface area contributed by atoms with E-state index in [4.69, 9.17) is 9.47 Å². The molecule has 28 heavy (non-hydrogen) atoms. The Kier molecular flexibility index (Phi) is 6.33. The first-order chi connectivity index (χ1) is 13.5. The van der Waals surface area contributed by atoms with Crippen LogP contribution in [-0.4, -0.2) is 27.6 Å². The Morgan fingerprint density at radius 1 is 1.04 bits per heavy atom. The number of thiophene rings is 1. The summed E-state index contributed by atoms with van der Waals surface area (Å²) < 4.78 is 38.2. The molecule has 0 saturated carbocycles. The van der Waals surface area contributed by atoms with Gasteiger partial charge in [-0.2, -0.15) is 0 Å². The third-order valence-electron chi connectivity index (χ3n) is 3.73. The summed E-state index contributed by atoms with van der Waals surface area (Å²) >= 11 is 1.10. The summed E-state index contributed by atoms with van der Waals surface area (Å²) in [6.45, 7) is 2.19. The number of hydrogen-bond acceptors (Lipinski definition) is 6. The van der Waals surface area contributed by atoms with Crippen molar-refractivity contribution in [3.05, 3.63) is 77.2 Å². The molecule has 0 fully saturated rings. The van der Waals surface area contributed by atoms with Crippen molar-refractivity contribution in [2.75, 3.05) is 17.9 Å². The molecular weight excluding hydrogens is 398 g/mol. The van der Waals surface area contributed by atoms with Crippen LogP contribution < -0.4 is 9.46 Å². The molecule has 8 heteroatoms. The molecular formula is C20H19NO5S2. The molecule has 0 unspecified atom stereocenters. The fourth-order valence-electron chi connectivity index (χ4n) is 2.44. The van der Waals surface area contributed by atoms with Crippen LogP contribution in [0.25, 0.3) is 0 Å². The van der Waals surface area contributed by atoms with Gasteiger partial charge in [-0.3, -0.25) is 4.72 Å². The highest BCUT2D eigenvalue weighted by atomic mass is 32.2. The second-order valence-electron chi connectivity index (χ2n) is 5.88. The van der Waals surface area contributed by atoms with Crippen molar-refractivity contribution in [1.82, 2.24) is 0 Å². The van der Waals surface area contributed by atoms with Crippen LogP contribution in [0, 0.1) is 6.92 Å². The van der Waals surface area contributed by atoms with Gasteiger partial charge in [0.05, 0.1) is 11.3 Å². The van der Waals surface area contributed by atoms with Gasteiger partial charge < -0.3 is 9.47 Å². The van der Waals surface area contributed by atoms with Gasteiger partial charge in [-0.25, -0.2) is 13.2 Å². The smallest absolute Gasteiger partial charge is 0.340 e. The first kappa shape index (κ1) is 19.9. The number of anilines is 1. The molecule has 3 aromatic rings. The summed E-state index contributed by atoms with van der Waals surface area (Å²) in [5, 5.41) is 1.67. The van der Waals surface area contributed by atoms with Crippen molar-refractivity contribution in [3.63, 3.8) is 0 Å². The Morgan fingerprint density at radius 2 is 1.86 bits per heavy atom. The highest BCUT2D eigenvalue weighted by Gasteiger charge is 2.20. The number of rotatable bonds is 8. The highest BCUT2D eigenvalue weighted by Crippen LogP contribution is 2.23. The van der Waals surface area contributed by atoms with Gasteiger partial charge in [0.25, 0.3) is 10.0 Å². The molecule has 0 atom stereocenters. The van der Waals surface area contributed by atoms with Crippen LogP contribution in [0.3, 0.4) is 0 Å². The zero-order valence-corrected chi connectivity index (χ0v) is 16.8. The molecule has 0 spiro atoms. The Morgan fingerprint density at radius 3 is 2.61 bits per heavy atom. The van der Waals surface area contributed by atoms with Gasteiger partial charge in [0, 0.05) is 0 Å². The first-order valence-electron chi connectivity index (χ1n) is 8.48. The summed E-state index contributed by atoms with van der Waals surface area (Å²) in [7, 11) is -3.76. The van der Waals surface area contributed by atoms with Crippen molar-refractivity contribution < 1.29 is 22.7 Å². The standard InChI is InChI=1S/C20H19NO5S2/c1-15-6-4-7-16(14-15)25-11-12-26-20(22)17-8-2-3-9-18(17)21-28(23,24)19-10-5-13-27-19/h2-10,13-14,21H,11-12H2,1H3. The zero-order chi connectivity index (χ0) is 20.0. The Bertz CT molecular complexity index is 1050. The van der Waals surface area contributed by atoms with E-state index in [0.29, 0.717) is 5.75 Å². The van der Waals surface area contributed by atoms with E-state index < -0.39 is 16.0 Å². The predicted octanol–water partition coefficient (Wildman–Crippen LogP) is 4.09. The predicted molar refractivity (Wildman–Crippen MR) is 109 cm³/mol. The third-order valence-corrected chi connectivity index (χ3v) is 6.49. The van der Waals surface area contributed by atoms with E-state index in [1.807, 2.05) is 31.2 Å². The number of ether oxygens (including phenoxy) is 2. The number of sulfonamides is 1. The Hall–Kier alpha value is -2.84. The van der Waals surface area contributed by atoms with Crippen molar-refractivity contribution in [2.45, 2.75) is 11.1 Å². The first-order valence-corrected chi connectivity index (χ1v) is 10.8. The second-order valence-corrected chi connectivity index (χ2v) is 8.74.